The number of benzene rings is 2. The second-order valence-electron chi connectivity index (χ2n) is 4.70. The minimum Gasteiger partial charge on any atom is -0.352 e. The lowest BCUT2D eigenvalue weighted by atomic mass is 10.1. The van der Waals surface area contributed by atoms with Crippen LogP contribution in [0.25, 0.3) is 0 Å². The molecule has 2 aromatic carbocycles. The Labute approximate surface area is 136 Å². The molecule has 0 spiro atoms. The highest BCUT2D eigenvalue weighted by molar-refractivity contribution is 9.10. The van der Waals surface area contributed by atoms with Gasteiger partial charge in [-0.25, -0.2) is 4.39 Å². The summed E-state index contributed by atoms with van der Waals surface area (Å²) in [4.78, 5) is 12.1. The van der Waals surface area contributed by atoms with Crippen LogP contribution in [0.2, 0.25) is 5.02 Å². The van der Waals surface area contributed by atoms with Crippen molar-refractivity contribution in [2.24, 2.45) is 0 Å². The first-order valence-corrected chi connectivity index (χ1v) is 7.63. The minimum absolute atomic E-state index is 0.221. The molecule has 0 fully saturated rings. The molecule has 0 saturated heterocycles. The quantitative estimate of drug-likeness (QED) is 0.842. The maximum Gasteiger partial charge on any atom is 0.252 e. The van der Waals surface area contributed by atoms with E-state index in [2.05, 4.69) is 21.2 Å². The molecule has 0 aliphatic carbocycles. The number of carbonyl (C=O) groups excluding carboxylic acids is 1. The molecule has 21 heavy (non-hydrogen) atoms. The molecule has 0 atom stereocenters. The predicted molar refractivity (Wildman–Crippen MR) is 86.3 cm³/mol. The average molecular weight is 371 g/mol. The molecule has 0 heterocycles. The molecule has 110 valence electrons. The first kappa shape index (κ1) is 16.0. The Morgan fingerprint density at radius 1 is 1.29 bits per heavy atom. The van der Waals surface area contributed by atoms with E-state index in [1.165, 1.54) is 12.1 Å². The molecule has 0 bridgehead atoms. The Hall–Kier alpha value is -1.39. The molecule has 1 amide bonds. The first-order chi connectivity index (χ1) is 9.97. The van der Waals surface area contributed by atoms with Crippen LogP contribution in [0.1, 0.15) is 21.5 Å². The van der Waals surface area contributed by atoms with E-state index >= 15 is 0 Å². The van der Waals surface area contributed by atoms with Crippen LogP contribution >= 0.6 is 27.5 Å². The van der Waals surface area contributed by atoms with Gasteiger partial charge >= 0.3 is 0 Å². The Bertz CT molecular complexity index is 675. The van der Waals surface area contributed by atoms with Crippen LogP contribution in [0.3, 0.4) is 0 Å². The molecule has 5 heteroatoms. The summed E-state index contributed by atoms with van der Waals surface area (Å²) in [6, 6.07) is 9.78. The molecule has 0 aliphatic heterocycles. The summed E-state index contributed by atoms with van der Waals surface area (Å²) in [7, 11) is 0. The van der Waals surface area contributed by atoms with E-state index in [9.17, 15) is 9.18 Å². The second kappa shape index (κ2) is 7.05. The van der Waals surface area contributed by atoms with Crippen molar-refractivity contribution < 1.29 is 9.18 Å². The third-order valence-corrected chi connectivity index (χ3v) is 3.98. The molecule has 2 rings (SSSR count). The fraction of sp³-hybridized carbons (Fsp3) is 0.188. The van der Waals surface area contributed by atoms with Crippen molar-refractivity contribution in [2.75, 3.05) is 6.54 Å². The van der Waals surface area contributed by atoms with Gasteiger partial charge in [-0.3, -0.25) is 4.79 Å². The highest BCUT2D eigenvalue weighted by Gasteiger charge is 2.10. The van der Waals surface area contributed by atoms with Crippen molar-refractivity contribution in [2.45, 2.75) is 13.3 Å². The standard InChI is InChI=1S/C16H14BrClFNO/c1-10-8-13(19)4-2-11(10)6-7-20-16(21)14-9-12(17)3-5-15(14)18/h2-5,8-9H,6-7H2,1H3,(H,20,21). The van der Waals surface area contributed by atoms with E-state index in [0.29, 0.717) is 23.6 Å². The van der Waals surface area contributed by atoms with Crippen LogP contribution in [0.5, 0.6) is 0 Å². The van der Waals surface area contributed by atoms with E-state index in [-0.39, 0.29) is 11.7 Å². The van der Waals surface area contributed by atoms with Crippen LogP contribution in [-0.4, -0.2) is 12.5 Å². The van der Waals surface area contributed by atoms with Crippen molar-refractivity contribution in [3.63, 3.8) is 0 Å². The number of nitrogens with one attached hydrogen (secondary N) is 1. The van der Waals surface area contributed by atoms with E-state index in [4.69, 9.17) is 11.6 Å². The van der Waals surface area contributed by atoms with Gasteiger partial charge in [-0.05, 0) is 54.8 Å². The number of aryl methyl sites for hydroxylation is 1. The van der Waals surface area contributed by atoms with Crippen LogP contribution in [0, 0.1) is 12.7 Å². The fourth-order valence-electron chi connectivity index (χ4n) is 2.02. The van der Waals surface area contributed by atoms with E-state index in [0.717, 1.165) is 15.6 Å². The summed E-state index contributed by atoms with van der Waals surface area (Å²) in [6.45, 7) is 2.32. The Morgan fingerprint density at radius 2 is 2.05 bits per heavy atom. The van der Waals surface area contributed by atoms with Crippen LogP contribution in [0.4, 0.5) is 4.39 Å². The van der Waals surface area contributed by atoms with E-state index < -0.39 is 0 Å². The van der Waals surface area contributed by atoms with Crippen LogP contribution < -0.4 is 5.32 Å². The summed E-state index contributed by atoms with van der Waals surface area (Å²) in [5, 5.41) is 3.23. The van der Waals surface area contributed by atoms with E-state index in [1.807, 2.05) is 6.92 Å². The van der Waals surface area contributed by atoms with Crippen molar-refractivity contribution in [3.05, 3.63) is 68.4 Å². The summed E-state index contributed by atoms with van der Waals surface area (Å²) >= 11 is 9.32. The number of hydrogen-bond acceptors (Lipinski definition) is 1. The molecule has 0 unspecified atom stereocenters. The molecule has 0 aromatic heterocycles. The van der Waals surface area contributed by atoms with Crippen LogP contribution in [-0.2, 0) is 6.42 Å². The minimum atomic E-state index is -0.249. The highest BCUT2D eigenvalue weighted by Crippen LogP contribution is 2.20. The largest absolute Gasteiger partial charge is 0.352 e. The van der Waals surface area contributed by atoms with Crippen molar-refractivity contribution in [1.29, 1.82) is 0 Å². The zero-order valence-corrected chi connectivity index (χ0v) is 13.8. The number of carbonyl (C=O) groups is 1. The smallest absolute Gasteiger partial charge is 0.252 e. The SMILES string of the molecule is Cc1cc(F)ccc1CCNC(=O)c1cc(Br)ccc1Cl. The molecule has 2 aromatic rings. The third-order valence-electron chi connectivity index (χ3n) is 3.16. The van der Waals surface area contributed by atoms with Gasteiger partial charge < -0.3 is 5.32 Å². The van der Waals surface area contributed by atoms with Gasteiger partial charge in [0.1, 0.15) is 5.82 Å². The van der Waals surface area contributed by atoms with Crippen molar-refractivity contribution >= 4 is 33.4 Å². The van der Waals surface area contributed by atoms with Gasteiger partial charge in [0.05, 0.1) is 10.6 Å². The lowest BCUT2D eigenvalue weighted by molar-refractivity contribution is 0.0954. The molecular weight excluding hydrogens is 357 g/mol. The van der Waals surface area contributed by atoms with Gasteiger partial charge in [0, 0.05) is 11.0 Å². The number of hydrogen-bond donors (Lipinski definition) is 1. The molecule has 0 aliphatic rings. The van der Waals surface area contributed by atoms with Crippen LogP contribution in [0.15, 0.2) is 40.9 Å². The van der Waals surface area contributed by atoms with Gasteiger partial charge in [0.25, 0.3) is 5.91 Å². The third kappa shape index (κ3) is 4.29. The van der Waals surface area contributed by atoms with Gasteiger partial charge in [-0.1, -0.05) is 33.6 Å². The normalized spacial score (nSPS) is 10.5. The molecule has 1 N–H and O–H groups in total. The monoisotopic (exact) mass is 369 g/mol. The van der Waals surface area contributed by atoms with E-state index in [1.54, 1.807) is 24.3 Å². The summed E-state index contributed by atoms with van der Waals surface area (Å²) in [5.74, 6) is -0.470. The van der Waals surface area contributed by atoms with Crippen molar-refractivity contribution in [3.8, 4) is 0 Å². The molecule has 0 radical (unpaired) electrons. The molecular formula is C16H14BrClFNO. The Balaban J connectivity index is 1.97. The number of rotatable bonds is 4. The topological polar surface area (TPSA) is 29.1 Å². The number of amides is 1. The Morgan fingerprint density at radius 3 is 2.76 bits per heavy atom. The molecule has 0 saturated carbocycles. The average Bonchev–Trinajstić information content (AvgIpc) is 2.43. The summed E-state index contributed by atoms with van der Waals surface area (Å²) in [5.41, 5.74) is 2.32. The van der Waals surface area contributed by atoms with Gasteiger partial charge in [0.15, 0.2) is 0 Å². The zero-order chi connectivity index (χ0) is 15.4. The first-order valence-electron chi connectivity index (χ1n) is 6.45. The molecule has 2 nitrogen and oxygen atoms in total. The van der Waals surface area contributed by atoms with Gasteiger partial charge in [-0.15, -0.1) is 0 Å². The number of halogens is 3. The maximum atomic E-state index is 13.0. The Kier molecular flexibility index (Phi) is 5.37. The van der Waals surface area contributed by atoms with Crippen molar-refractivity contribution in [1.82, 2.24) is 5.32 Å². The fourth-order valence-corrected chi connectivity index (χ4v) is 2.58. The van der Waals surface area contributed by atoms with Gasteiger partial charge in [0.2, 0.25) is 0 Å². The lowest BCUT2D eigenvalue weighted by Gasteiger charge is -2.09. The second-order valence-corrected chi connectivity index (χ2v) is 6.02. The maximum absolute atomic E-state index is 13.0. The highest BCUT2D eigenvalue weighted by atomic mass is 79.9. The summed E-state index contributed by atoms with van der Waals surface area (Å²) in [6.07, 6.45) is 0.642. The summed E-state index contributed by atoms with van der Waals surface area (Å²) < 4.78 is 13.8. The zero-order valence-electron chi connectivity index (χ0n) is 11.4. The predicted octanol–water partition coefficient (Wildman–Crippen LogP) is 4.52. The lowest BCUT2D eigenvalue weighted by Crippen LogP contribution is -2.26. The van der Waals surface area contributed by atoms with Gasteiger partial charge in [-0.2, -0.15) is 0 Å².